The Labute approximate surface area is 175 Å². The van der Waals surface area contributed by atoms with Gasteiger partial charge in [0.05, 0.1) is 7.11 Å². The Hall–Kier alpha value is -3.80. The second-order valence-electron chi connectivity index (χ2n) is 7.03. The van der Waals surface area contributed by atoms with Crippen LogP contribution in [0.1, 0.15) is 21.5 Å². The highest BCUT2D eigenvalue weighted by Gasteiger charge is 2.22. The summed E-state index contributed by atoms with van der Waals surface area (Å²) in [5.41, 5.74) is 3.08. The minimum Gasteiger partial charge on any atom is -0.497 e. The standard InChI is InChI=1S/C24H22N2O4/c1-29-21-10-7-18(8-11-21)24(28)25-20-9-12-22-19(13-20)15-26(23(27)16-30-22)14-17-5-3-2-4-6-17/h2-13H,14-16H2,1H3,(H,25,28). The van der Waals surface area contributed by atoms with E-state index in [4.69, 9.17) is 9.47 Å². The van der Waals surface area contributed by atoms with E-state index in [1.54, 1.807) is 48.4 Å². The lowest BCUT2D eigenvalue weighted by Crippen LogP contribution is -2.31. The van der Waals surface area contributed by atoms with Crippen LogP contribution in [-0.2, 0) is 17.9 Å². The van der Waals surface area contributed by atoms with Gasteiger partial charge in [-0.1, -0.05) is 30.3 Å². The zero-order valence-corrected chi connectivity index (χ0v) is 16.6. The zero-order chi connectivity index (χ0) is 20.9. The molecule has 0 aromatic heterocycles. The number of hydrogen-bond acceptors (Lipinski definition) is 4. The van der Waals surface area contributed by atoms with Gasteiger partial charge < -0.3 is 19.7 Å². The van der Waals surface area contributed by atoms with Gasteiger partial charge in [-0.05, 0) is 48.0 Å². The van der Waals surface area contributed by atoms with Gasteiger partial charge in [-0.15, -0.1) is 0 Å². The van der Waals surface area contributed by atoms with Crippen LogP contribution in [0.25, 0.3) is 0 Å². The molecule has 0 radical (unpaired) electrons. The van der Waals surface area contributed by atoms with Crippen LogP contribution in [0.3, 0.4) is 0 Å². The molecular formula is C24H22N2O4. The SMILES string of the molecule is COc1ccc(C(=O)Nc2ccc3c(c2)CN(Cc2ccccc2)C(=O)CO3)cc1. The largest absolute Gasteiger partial charge is 0.497 e. The lowest BCUT2D eigenvalue weighted by atomic mass is 10.1. The van der Waals surface area contributed by atoms with Crippen molar-refractivity contribution in [2.24, 2.45) is 0 Å². The maximum Gasteiger partial charge on any atom is 0.261 e. The third-order valence-corrected chi connectivity index (χ3v) is 4.95. The maximum atomic E-state index is 12.6. The topological polar surface area (TPSA) is 67.9 Å². The number of rotatable bonds is 5. The molecule has 4 rings (SSSR count). The number of ether oxygens (including phenoxy) is 2. The summed E-state index contributed by atoms with van der Waals surface area (Å²) in [6.45, 7) is 0.914. The van der Waals surface area contributed by atoms with E-state index in [-0.39, 0.29) is 18.4 Å². The third-order valence-electron chi connectivity index (χ3n) is 4.95. The first kappa shape index (κ1) is 19.5. The fourth-order valence-corrected chi connectivity index (χ4v) is 3.34. The first-order valence-electron chi connectivity index (χ1n) is 9.65. The summed E-state index contributed by atoms with van der Waals surface area (Å²) in [5.74, 6) is 1.06. The van der Waals surface area contributed by atoms with E-state index in [0.717, 1.165) is 11.1 Å². The summed E-state index contributed by atoms with van der Waals surface area (Å²) in [7, 11) is 1.58. The predicted molar refractivity (Wildman–Crippen MR) is 114 cm³/mol. The molecule has 3 aromatic carbocycles. The molecule has 30 heavy (non-hydrogen) atoms. The Morgan fingerprint density at radius 2 is 1.83 bits per heavy atom. The molecule has 0 atom stereocenters. The Bertz CT molecular complexity index is 1050. The third kappa shape index (κ3) is 4.43. The molecular weight excluding hydrogens is 380 g/mol. The molecule has 0 unspecified atom stereocenters. The van der Waals surface area contributed by atoms with E-state index in [9.17, 15) is 9.59 Å². The van der Waals surface area contributed by atoms with Gasteiger partial charge in [0, 0.05) is 29.9 Å². The van der Waals surface area contributed by atoms with Gasteiger partial charge >= 0.3 is 0 Å². The Kier molecular flexibility index (Phi) is 5.66. The highest BCUT2D eigenvalue weighted by Crippen LogP contribution is 2.28. The lowest BCUT2D eigenvalue weighted by Gasteiger charge is -2.20. The molecule has 0 saturated heterocycles. The van der Waals surface area contributed by atoms with E-state index in [0.29, 0.717) is 35.8 Å². The van der Waals surface area contributed by atoms with Crippen LogP contribution in [0.2, 0.25) is 0 Å². The molecule has 6 nitrogen and oxygen atoms in total. The van der Waals surface area contributed by atoms with Crippen molar-refractivity contribution in [2.75, 3.05) is 19.0 Å². The van der Waals surface area contributed by atoms with Crippen molar-refractivity contribution in [3.8, 4) is 11.5 Å². The summed E-state index contributed by atoms with van der Waals surface area (Å²) in [6, 6.07) is 22.2. The minimum absolute atomic E-state index is 0.00259. The second kappa shape index (κ2) is 8.69. The van der Waals surface area contributed by atoms with Crippen LogP contribution in [0.15, 0.2) is 72.8 Å². The molecule has 0 bridgehead atoms. The molecule has 0 fully saturated rings. The van der Waals surface area contributed by atoms with Crippen molar-refractivity contribution in [3.63, 3.8) is 0 Å². The van der Waals surface area contributed by atoms with E-state index >= 15 is 0 Å². The van der Waals surface area contributed by atoms with Gasteiger partial charge in [-0.25, -0.2) is 0 Å². The number of nitrogens with one attached hydrogen (secondary N) is 1. The molecule has 1 aliphatic heterocycles. The van der Waals surface area contributed by atoms with Crippen molar-refractivity contribution in [1.82, 2.24) is 4.90 Å². The summed E-state index contributed by atoms with van der Waals surface area (Å²) in [5, 5.41) is 2.90. The van der Waals surface area contributed by atoms with Gasteiger partial charge in [-0.2, -0.15) is 0 Å². The second-order valence-corrected chi connectivity index (χ2v) is 7.03. The number of amides is 2. The monoisotopic (exact) mass is 402 g/mol. The lowest BCUT2D eigenvalue weighted by molar-refractivity contribution is -0.133. The Morgan fingerprint density at radius 1 is 1.07 bits per heavy atom. The number of carbonyl (C=O) groups excluding carboxylic acids is 2. The average Bonchev–Trinajstić information content (AvgIpc) is 2.93. The van der Waals surface area contributed by atoms with E-state index in [1.165, 1.54) is 0 Å². The number of fused-ring (bicyclic) bond motifs is 1. The number of benzene rings is 3. The number of nitrogens with zero attached hydrogens (tertiary/aromatic N) is 1. The molecule has 6 heteroatoms. The molecule has 1 aliphatic rings. The van der Waals surface area contributed by atoms with E-state index in [1.807, 2.05) is 36.4 Å². The van der Waals surface area contributed by atoms with Gasteiger partial charge in [0.1, 0.15) is 11.5 Å². The summed E-state index contributed by atoms with van der Waals surface area (Å²) in [4.78, 5) is 26.8. The first-order chi connectivity index (χ1) is 14.6. The predicted octanol–water partition coefficient (Wildman–Crippen LogP) is 3.87. The molecule has 2 amide bonds. The highest BCUT2D eigenvalue weighted by atomic mass is 16.5. The first-order valence-corrected chi connectivity index (χ1v) is 9.65. The number of anilines is 1. The summed E-state index contributed by atoms with van der Waals surface area (Å²) < 4.78 is 10.8. The van der Waals surface area contributed by atoms with Gasteiger partial charge in [0.2, 0.25) is 0 Å². The van der Waals surface area contributed by atoms with Crippen molar-refractivity contribution in [2.45, 2.75) is 13.1 Å². The highest BCUT2D eigenvalue weighted by molar-refractivity contribution is 6.04. The fraction of sp³-hybridized carbons (Fsp3) is 0.167. The average molecular weight is 402 g/mol. The van der Waals surface area contributed by atoms with Crippen molar-refractivity contribution >= 4 is 17.5 Å². The minimum atomic E-state index is -0.218. The van der Waals surface area contributed by atoms with Crippen molar-refractivity contribution < 1.29 is 19.1 Å². The molecule has 1 N–H and O–H groups in total. The zero-order valence-electron chi connectivity index (χ0n) is 16.6. The van der Waals surface area contributed by atoms with Crippen LogP contribution in [-0.4, -0.2) is 30.4 Å². The summed E-state index contributed by atoms with van der Waals surface area (Å²) in [6.07, 6.45) is 0. The van der Waals surface area contributed by atoms with E-state index in [2.05, 4.69) is 5.32 Å². The fourth-order valence-electron chi connectivity index (χ4n) is 3.34. The van der Waals surface area contributed by atoms with Crippen LogP contribution >= 0.6 is 0 Å². The van der Waals surface area contributed by atoms with Crippen molar-refractivity contribution in [3.05, 3.63) is 89.5 Å². The van der Waals surface area contributed by atoms with Gasteiger partial charge in [0.25, 0.3) is 11.8 Å². The molecule has 152 valence electrons. The Morgan fingerprint density at radius 3 is 2.57 bits per heavy atom. The molecule has 1 heterocycles. The molecule has 3 aromatic rings. The van der Waals surface area contributed by atoms with E-state index < -0.39 is 0 Å². The van der Waals surface area contributed by atoms with Crippen molar-refractivity contribution in [1.29, 1.82) is 0 Å². The molecule has 0 spiro atoms. The molecule has 0 aliphatic carbocycles. The quantitative estimate of drug-likeness (QED) is 0.704. The maximum absolute atomic E-state index is 12.6. The summed E-state index contributed by atoms with van der Waals surface area (Å²) >= 11 is 0. The Balaban J connectivity index is 1.51. The van der Waals surface area contributed by atoms with Crippen LogP contribution in [0, 0.1) is 0 Å². The normalized spacial score (nSPS) is 13.1. The molecule has 0 saturated carbocycles. The van der Waals surface area contributed by atoms with Gasteiger partial charge in [-0.3, -0.25) is 9.59 Å². The van der Waals surface area contributed by atoms with Crippen LogP contribution in [0.5, 0.6) is 11.5 Å². The van der Waals surface area contributed by atoms with Gasteiger partial charge in [0.15, 0.2) is 6.61 Å². The number of hydrogen-bond donors (Lipinski definition) is 1. The van der Waals surface area contributed by atoms with Crippen LogP contribution < -0.4 is 14.8 Å². The number of methoxy groups -OCH3 is 1. The number of carbonyl (C=O) groups is 2. The smallest absolute Gasteiger partial charge is 0.261 e. The van der Waals surface area contributed by atoms with Crippen LogP contribution in [0.4, 0.5) is 5.69 Å².